The van der Waals surface area contributed by atoms with Crippen LogP contribution in [0.3, 0.4) is 0 Å². The molecule has 0 spiro atoms. The molecule has 4 heterocycles. The molecule has 1 saturated carbocycles. The number of amides is 1. The average molecular weight is 603 g/mol. The Labute approximate surface area is 238 Å². The van der Waals surface area contributed by atoms with Crippen molar-refractivity contribution < 1.29 is 26.4 Å². The van der Waals surface area contributed by atoms with Crippen molar-refractivity contribution in [3.63, 3.8) is 0 Å². The summed E-state index contributed by atoms with van der Waals surface area (Å²) >= 11 is 0. The number of hydrogen-bond donors (Lipinski definition) is 2. The Kier molecular flexibility index (Phi) is 7.89. The molecule has 5 rings (SSSR count). The van der Waals surface area contributed by atoms with Gasteiger partial charge in [0, 0.05) is 31.0 Å². The molecule has 0 unspecified atom stereocenters. The Morgan fingerprint density at radius 3 is 2.37 bits per heavy atom. The summed E-state index contributed by atoms with van der Waals surface area (Å²) in [4.78, 5) is 35.4. The number of nitrogens with zero attached hydrogens (tertiary/aromatic N) is 6. The number of ether oxygens (including phenoxy) is 1. The number of aromatic nitrogens is 5. The zero-order valence-corrected chi connectivity index (χ0v) is 24.2. The van der Waals surface area contributed by atoms with Gasteiger partial charge in [-0.3, -0.25) is 19.5 Å². The van der Waals surface area contributed by atoms with E-state index in [1.165, 1.54) is 22.9 Å². The maximum atomic E-state index is 13.9. The van der Waals surface area contributed by atoms with Crippen LogP contribution in [-0.4, -0.2) is 83.2 Å². The predicted octanol–water partition coefficient (Wildman–Crippen LogP) is 1.56. The van der Waals surface area contributed by atoms with Gasteiger partial charge in [-0.1, -0.05) is 0 Å². The first kappa shape index (κ1) is 28.8. The second-order valence-corrected chi connectivity index (χ2v) is 13.9. The van der Waals surface area contributed by atoms with Crippen molar-refractivity contribution in [1.29, 1.82) is 0 Å². The topological polar surface area (TPSA) is 186 Å². The monoisotopic (exact) mass is 602 g/mol. The lowest BCUT2D eigenvalue weighted by atomic mass is 9.75. The van der Waals surface area contributed by atoms with Crippen LogP contribution in [-0.2, 0) is 30.3 Å². The minimum absolute atomic E-state index is 0.00462. The first-order valence-electron chi connectivity index (χ1n) is 13.0. The molecule has 218 valence electrons. The van der Waals surface area contributed by atoms with E-state index in [9.17, 15) is 21.6 Å². The minimum atomic E-state index is -3.61. The molecule has 0 atom stereocenters. The van der Waals surface area contributed by atoms with Gasteiger partial charge < -0.3 is 10.1 Å². The first-order valence-corrected chi connectivity index (χ1v) is 16.4. The Hall–Kier alpha value is -3.76. The van der Waals surface area contributed by atoms with Crippen LogP contribution in [0, 0.1) is 0 Å². The molecule has 16 heteroatoms. The highest BCUT2D eigenvalue weighted by atomic mass is 32.2. The molecule has 41 heavy (non-hydrogen) atoms. The summed E-state index contributed by atoms with van der Waals surface area (Å²) in [5, 5.41) is 2.36. The summed E-state index contributed by atoms with van der Waals surface area (Å²) in [5.41, 5.74) is 0.160. The van der Waals surface area contributed by atoms with E-state index in [4.69, 9.17) is 4.74 Å². The highest BCUT2D eigenvalue weighted by Gasteiger charge is 2.46. The number of hydrogen-bond acceptors (Lipinski definition) is 11. The number of piperidine rings is 1. The van der Waals surface area contributed by atoms with Gasteiger partial charge in [-0.25, -0.2) is 36.1 Å². The zero-order chi connectivity index (χ0) is 29.3. The van der Waals surface area contributed by atoms with E-state index in [0.717, 1.165) is 6.26 Å². The van der Waals surface area contributed by atoms with Crippen molar-refractivity contribution in [1.82, 2.24) is 29.2 Å². The number of sulfonamides is 2. The van der Waals surface area contributed by atoms with Crippen LogP contribution in [0.2, 0.25) is 0 Å². The van der Waals surface area contributed by atoms with Crippen molar-refractivity contribution in [2.75, 3.05) is 36.0 Å². The SMILES string of the molecule is CCOc1cncc(-c2ccc(NC(=O)C3(c4cncc(NS(=O)(=O)C5CC5)n4)CCN(S(C)(=O)=O)CC3)nc2)n1. The second kappa shape index (κ2) is 11.3. The Bertz CT molecular complexity index is 1640. The molecule has 2 N–H and O–H groups in total. The van der Waals surface area contributed by atoms with Gasteiger partial charge >= 0.3 is 0 Å². The fourth-order valence-electron chi connectivity index (χ4n) is 4.61. The number of anilines is 2. The molecule has 1 saturated heterocycles. The summed E-state index contributed by atoms with van der Waals surface area (Å²) < 4.78 is 58.5. The van der Waals surface area contributed by atoms with Crippen LogP contribution in [0.25, 0.3) is 11.3 Å². The Balaban J connectivity index is 1.41. The van der Waals surface area contributed by atoms with Crippen LogP contribution in [0.1, 0.15) is 38.3 Å². The molecule has 2 fully saturated rings. The highest BCUT2D eigenvalue weighted by Crippen LogP contribution is 2.37. The molecule has 2 aliphatic rings. The van der Waals surface area contributed by atoms with E-state index < -0.39 is 36.6 Å². The van der Waals surface area contributed by atoms with Gasteiger partial charge in [-0.2, -0.15) is 0 Å². The fourth-order valence-corrected chi connectivity index (χ4v) is 6.77. The third-order valence-electron chi connectivity index (χ3n) is 7.02. The van der Waals surface area contributed by atoms with Gasteiger partial charge in [0.25, 0.3) is 0 Å². The quantitative estimate of drug-likeness (QED) is 0.343. The molecule has 3 aromatic heterocycles. The van der Waals surface area contributed by atoms with Crippen LogP contribution in [0.5, 0.6) is 5.88 Å². The second-order valence-electron chi connectivity index (χ2n) is 9.94. The predicted molar refractivity (Wildman–Crippen MR) is 150 cm³/mol. The molecule has 0 aromatic carbocycles. The molecule has 0 radical (unpaired) electrons. The number of pyridine rings is 1. The minimum Gasteiger partial charge on any atom is -0.477 e. The molecule has 1 aliphatic heterocycles. The normalized spacial score (nSPS) is 17.5. The Morgan fingerprint density at radius 2 is 1.73 bits per heavy atom. The van der Waals surface area contributed by atoms with E-state index >= 15 is 0 Å². The molecule has 3 aromatic rings. The van der Waals surface area contributed by atoms with Gasteiger partial charge in [0.15, 0.2) is 5.82 Å². The fraction of sp³-hybridized carbons (Fsp3) is 0.440. The third-order valence-corrected chi connectivity index (χ3v) is 10.2. The molecule has 1 aliphatic carbocycles. The average Bonchev–Trinajstić information content (AvgIpc) is 3.80. The van der Waals surface area contributed by atoms with Crippen molar-refractivity contribution in [3.8, 4) is 17.1 Å². The van der Waals surface area contributed by atoms with E-state index in [-0.39, 0.29) is 43.3 Å². The van der Waals surface area contributed by atoms with Crippen molar-refractivity contribution in [2.24, 2.45) is 0 Å². The molecule has 1 amide bonds. The van der Waals surface area contributed by atoms with Gasteiger partial charge in [-0.15, -0.1) is 0 Å². The standard InChI is InChI=1S/C25H30N8O6S2/c1-3-39-23-16-26-13-19(29-23)17-4-7-21(28-12-17)31-24(34)25(8-10-33(11-9-25)40(2,35)36)20-14-27-15-22(30-20)32-41(37,38)18-5-6-18/h4,7,12-16,18H,3,5-6,8-11H2,1-2H3,(H,30,32)(H,28,31,34). The maximum absolute atomic E-state index is 13.9. The van der Waals surface area contributed by atoms with E-state index in [1.807, 2.05) is 6.92 Å². The van der Waals surface area contributed by atoms with Crippen molar-refractivity contribution in [3.05, 3.63) is 48.8 Å². The van der Waals surface area contributed by atoms with Gasteiger partial charge in [0.05, 0.1) is 53.5 Å². The van der Waals surface area contributed by atoms with Gasteiger partial charge in [0.1, 0.15) is 5.82 Å². The molecule has 14 nitrogen and oxygen atoms in total. The smallest absolute Gasteiger partial charge is 0.237 e. The first-order chi connectivity index (χ1) is 19.5. The largest absolute Gasteiger partial charge is 0.477 e. The van der Waals surface area contributed by atoms with Crippen molar-refractivity contribution in [2.45, 2.75) is 43.3 Å². The molecular weight excluding hydrogens is 572 g/mol. The number of carbonyl (C=O) groups is 1. The van der Waals surface area contributed by atoms with E-state index in [0.29, 0.717) is 36.6 Å². The molecule has 0 bridgehead atoms. The maximum Gasteiger partial charge on any atom is 0.237 e. The summed E-state index contributed by atoms with van der Waals surface area (Å²) in [7, 11) is -7.08. The number of rotatable bonds is 10. The summed E-state index contributed by atoms with van der Waals surface area (Å²) in [6.07, 6.45) is 9.81. The van der Waals surface area contributed by atoms with Crippen LogP contribution >= 0.6 is 0 Å². The summed E-state index contributed by atoms with van der Waals surface area (Å²) in [5.74, 6) is 0.189. The highest BCUT2D eigenvalue weighted by molar-refractivity contribution is 7.93. The van der Waals surface area contributed by atoms with E-state index in [2.05, 4.69) is 35.0 Å². The lowest BCUT2D eigenvalue weighted by Gasteiger charge is -2.39. The van der Waals surface area contributed by atoms with Crippen molar-refractivity contribution >= 4 is 37.6 Å². The van der Waals surface area contributed by atoms with Crippen LogP contribution in [0.15, 0.2) is 43.1 Å². The van der Waals surface area contributed by atoms with Crippen LogP contribution < -0.4 is 14.8 Å². The zero-order valence-electron chi connectivity index (χ0n) is 22.5. The lowest BCUT2D eigenvalue weighted by molar-refractivity contribution is -0.123. The summed E-state index contributed by atoms with van der Waals surface area (Å²) in [6, 6.07) is 3.35. The lowest BCUT2D eigenvalue weighted by Crippen LogP contribution is -2.51. The van der Waals surface area contributed by atoms with Gasteiger partial charge in [-0.05, 0) is 44.7 Å². The number of carbonyl (C=O) groups excluding carboxylic acids is 1. The van der Waals surface area contributed by atoms with Gasteiger partial charge in [0.2, 0.25) is 31.8 Å². The third kappa shape index (κ3) is 6.44. The summed E-state index contributed by atoms with van der Waals surface area (Å²) in [6.45, 7) is 2.45. The van der Waals surface area contributed by atoms with E-state index in [1.54, 1.807) is 24.5 Å². The van der Waals surface area contributed by atoms with Crippen LogP contribution in [0.4, 0.5) is 11.6 Å². The number of nitrogens with one attached hydrogen (secondary N) is 2. The Morgan fingerprint density at radius 1 is 1.00 bits per heavy atom. The molecular formula is C25H30N8O6S2.